The predicted octanol–water partition coefficient (Wildman–Crippen LogP) is 2.46. The molecule has 0 radical (unpaired) electrons. The van der Waals surface area contributed by atoms with Crippen LogP contribution in [-0.4, -0.2) is 34.7 Å². The van der Waals surface area contributed by atoms with E-state index in [2.05, 4.69) is 11.9 Å². The molecule has 2 aliphatic heterocycles. The first kappa shape index (κ1) is 11.9. The number of hydrogen-bond acceptors (Lipinski definition) is 4. The van der Waals surface area contributed by atoms with Crippen LogP contribution in [0.15, 0.2) is 23.7 Å². The smallest absolute Gasteiger partial charge is 0.173 e. The number of phenols is 1. The quantitative estimate of drug-likeness (QED) is 0.769. The Bertz CT molecular complexity index is 696. The Hall–Kier alpha value is -1.68. The van der Waals surface area contributed by atoms with Crippen molar-refractivity contribution in [3.63, 3.8) is 0 Å². The summed E-state index contributed by atoms with van der Waals surface area (Å²) in [6.07, 6.45) is 3.68. The van der Waals surface area contributed by atoms with Gasteiger partial charge in [0.25, 0.3) is 0 Å². The van der Waals surface area contributed by atoms with Crippen LogP contribution in [0.25, 0.3) is 0 Å². The van der Waals surface area contributed by atoms with Gasteiger partial charge in [0.1, 0.15) is 5.76 Å². The highest BCUT2D eigenvalue weighted by Gasteiger charge is 2.62. The number of nitrogens with zero attached hydrogens (tertiary/aromatic N) is 1. The van der Waals surface area contributed by atoms with Crippen molar-refractivity contribution in [1.29, 1.82) is 0 Å². The lowest BCUT2D eigenvalue weighted by molar-refractivity contribution is 0.0229. The second-order valence-corrected chi connectivity index (χ2v) is 6.94. The summed E-state index contributed by atoms with van der Waals surface area (Å²) in [7, 11) is 2.21. The van der Waals surface area contributed by atoms with Gasteiger partial charge < -0.3 is 19.8 Å². The monoisotopic (exact) mass is 285 g/mol. The molecule has 1 saturated heterocycles. The zero-order valence-corrected chi connectivity index (χ0v) is 12.1. The molecule has 2 heterocycles. The topological polar surface area (TPSA) is 52.9 Å². The van der Waals surface area contributed by atoms with Crippen molar-refractivity contribution < 1.29 is 14.9 Å². The first-order valence-corrected chi connectivity index (χ1v) is 7.79. The number of likely N-dealkylation sites (N-methyl/N-ethyl adjacent to an activating group) is 1. The van der Waals surface area contributed by atoms with Crippen molar-refractivity contribution >= 4 is 0 Å². The highest BCUT2D eigenvalue weighted by molar-refractivity contribution is 5.64. The van der Waals surface area contributed by atoms with E-state index in [0.29, 0.717) is 29.9 Å². The lowest BCUT2D eigenvalue weighted by Gasteiger charge is -2.55. The van der Waals surface area contributed by atoms with Gasteiger partial charge in [-0.1, -0.05) is 6.07 Å². The van der Waals surface area contributed by atoms with E-state index in [1.165, 1.54) is 5.56 Å². The number of ether oxygens (including phenoxy) is 1. The molecule has 2 N–H and O–H groups in total. The Labute approximate surface area is 123 Å². The third-order valence-corrected chi connectivity index (χ3v) is 6.18. The van der Waals surface area contributed by atoms with Crippen LogP contribution in [-0.2, 0) is 11.8 Å². The van der Waals surface area contributed by atoms with Gasteiger partial charge in [-0.3, -0.25) is 0 Å². The molecular weight excluding hydrogens is 266 g/mol. The Morgan fingerprint density at radius 1 is 1.33 bits per heavy atom. The van der Waals surface area contributed by atoms with E-state index >= 15 is 0 Å². The number of hydrogen-bond donors (Lipinski definition) is 2. The van der Waals surface area contributed by atoms with E-state index in [-0.39, 0.29) is 11.2 Å². The van der Waals surface area contributed by atoms with Crippen molar-refractivity contribution in [3.8, 4) is 11.5 Å². The first-order valence-electron chi connectivity index (χ1n) is 7.79. The summed E-state index contributed by atoms with van der Waals surface area (Å²) < 4.78 is 6.02. The highest BCUT2D eigenvalue weighted by atomic mass is 16.5. The standard InChI is InChI=1S/C17H19NO3/c1-18-7-6-17-10-3-5-13(20)16(17)21-15-12(19)4-2-9(14(15)17)8-11(10)18/h2,4,10-11,19-20H,3,5-8H2,1H3/t10-,11+,17-/m0/s1. The minimum atomic E-state index is -0.193. The van der Waals surface area contributed by atoms with Gasteiger partial charge in [-0.2, -0.15) is 0 Å². The van der Waals surface area contributed by atoms with Crippen molar-refractivity contribution in [2.75, 3.05) is 13.6 Å². The second-order valence-electron chi connectivity index (χ2n) is 6.94. The number of benzene rings is 1. The van der Waals surface area contributed by atoms with Crippen LogP contribution in [0.4, 0.5) is 0 Å². The van der Waals surface area contributed by atoms with Crippen LogP contribution >= 0.6 is 0 Å². The second kappa shape index (κ2) is 3.55. The molecule has 5 rings (SSSR count). The predicted molar refractivity (Wildman–Crippen MR) is 77.5 cm³/mol. The van der Waals surface area contributed by atoms with Crippen LogP contribution < -0.4 is 4.74 Å². The fourth-order valence-corrected chi connectivity index (χ4v) is 5.30. The van der Waals surface area contributed by atoms with Crippen LogP contribution in [0.3, 0.4) is 0 Å². The molecule has 0 unspecified atom stereocenters. The molecule has 110 valence electrons. The number of rotatable bonds is 0. The molecule has 0 saturated carbocycles. The molecule has 2 aliphatic carbocycles. The first-order chi connectivity index (χ1) is 10.1. The van der Waals surface area contributed by atoms with Crippen LogP contribution in [0.1, 0.15) is 30.4 Å². The van der Waals surface area contributed by atoms with Gasteiger partial charge in [0.05, 0.1) is 5.41 Å². The number of piperidine rings is 1. The maximum atomic E-state index is 10.4. The van der Waals surface area contributed by atoms with Crippen LogP contribution in [0.5, 0.6) is 11.5 Å². The van der Waals surface area contributed by atoms with E-state index in [1.54, 1.807) is 6.07 Å². The molecule has 3 atom stereocenters. The maximum absolute atomic E-state index is 10.4. The average Bonchev–Trinajstić information content (AvgIpc) is 2.83. The number of aliphatic hydroxyl groups is 1. The largest absolute Gasteiger partial charge is 0.509 e. The summed E-state index contributed by atoms with van der Waals surface area (Å²) in [5.74, 6) is 2.41. The molecule has 4 heteroatoms. The molecule has 4 nitrogen and oxygen atoms in total. The van der Waals surface area contributed by atoms with Gasteiger partial charge in [0.2, 0.25) is 0 Å². The molecule has 4 aliphatic rings. The van der Waals surface area contributed by atoms with Gasteiger partial charge in [-0.25, -0.2) is 0 Å². The summed E-state index contributed by atoms with van der Waals surface area (Å²) in [6, 6.07) is 4.28. The number of phenolic OH excluding ortho intramolecular Hbond substituents is 1. The Morgan fingerprint density at radius 2 is 2.19 bits per heavy atom. The zero-order chi connectivity index (χ0) is 14.4. The van der Waals surface area contributed by atoms with Crippen molar-refractivity contribution in [3.05, 3.63) is 34.8 Å². The maximum Gasteiger partial charge on any atom is 0.173 e. The van der Waals surface area contributed by atoms with Gasteiger partial charge >= 0.3 is 0 Å². The minimum absolute atomic E-state index is 0.193. The van der Waals surface area contributed by atoms with E-state index in [1.807, 2.05) is 6.07 Å². The van der Waals surface area contributed by atoms with Crippen molar-refractivity contribution in [2.45, 2.75) is 37.1 Å². The molecule has 2 bridgehead atoms. The Balaban J connectivity index is 1.88. The lowest BCUT2D eigenvalue weighted by Crippen LogP contribution is -2.59. The molecule has 1 aromatic carbocycles. The molecule has 0 aromatic heterocycles. The van der Waals surface area contributed by atoms with Gasteiger partial charge in [-0.05, 0) is 50.4 Å². The molecule has 21 heavy (non-hydrogen) atoms. The summed E-state index contributed by atoms with van der Waals surface area (Å²) >= 11 is 0. The highest BCUT2D eigenvalue weighted by Crippen LogP contribution is 2.64. The fourth-order valence-electron chi connectivity index (χ4n) is 5.30. The average molecular weight is 285 g/mol. The summed E-state index contributed by atoms with van der Waals surface area (Å²) in [5.41, 5.74) is 2.25. The van der Waals surface area contributed by atoms with E-state index in [9.17, 15) is 10.2 Å². The fraction of sp³-hybridized carbons (Fsp3) is 0.529. The molecule has 1 aromatic rings. The summed E-state index contributed by atoms with van der Waals surface area (Å²) in [4.78, 5) is 2.46. The van der Waals surface area contributed by atoms with Gasteiger partial charge in [0, 0.05) is 18.0 Å². The van der Waals surface area contributed by atoms with E-state index in [4.69, 9.17) is 4.74 Å². The summed E-state index contributed by atoms with van der Waals surface area (Å²) in [6.45, 7) is 1.01. The third-order valence-electron chi connectivity index (χ3n) is 6.18. The van der Waals surface area contributed by atoms with Gasteiger partial charge in [-0.15, -0.1) is 0 Å². The van der Waals surface area contributed by atoms with Crippen LogP contribution in [0, 0.1) is 5.92 Å². The Kier molecular flexibility index (Phi) is 2.02. The van der Waals surface area contributed by atoms with E-state index < -0.39 is 0 Å². The van der Waals surface area contributed by atoms with Gasteiger partial charge in [0.15, 0.2) is 17.3 Å². The normalized spacial score (nSPS) is 36.4. The zero-order valence-electron chi connectivity index (χ0n) is 12.1. The molecular formula is C17H19NO3. The summed E-state index contributed by atoms with van der Waals surface area (Å²) in [5, 5.41) is 20.6. The lowest BCUT2D eigenvalue weighted by atomic mass is 9.54. The minimum Gasteiger partial charge on any atom is -0.509 e. The van der Waals surface area contributed by atoms with Crippen LogP contribution in [0.2, 0.25) is 0 Å². The molecule has 1 spiro atoms. The number of likely N-dealkylation sites (tertiary alicyclic amines) is 1. The third kappa shape index (κ3) is 1.18. The molecule has 0 amide bonds. The van der Waals surface area contributed by atoms with Crippen molar-refractivity contribution in [1.82, 2.24) is 4.90 Å². The van der Waals surface area contributed by atoms with E-state index in [0.717, 1.165) is 37.1 Å². The number of allylic oxidation sites excluding steroid dienone is 2. The SMILES string of the molecule is CN1CC[C@]23C4=C(O)CC[C@H]2[C@H]1Cc1ccc(O)c(c13)O4. The molecule has 1 fully saturated rings. The Morgan fingerprint density at radius 3 is 3.05 bits per heavy atom. The van der Waals surface area contributed by atoms with Crippen molar-refractivity contribution in [2.24, 2.45) is 5.92 Å². The number of aromatic hydroxyl groups is 1. The number of aliphatic hydroxyl groups excluding tert-OH is 1.